The maximum absolute atomic E-state index is 12.2. The molecule has 7 rings (SSSR count). The molecule has 4 fully saturated rings. The summed E-state index contributed by atoms with van der Waals surface area (Å²) >= 11 is 0. The fraction of sp³-hybridized carbons (Fsp3) is 0.379. The molecule has 0 spiro atoms. The molecule has 2 aromatic heterocycles. The Hall–Kier alpha value is -4.30. The number of nitrogens with zero attached hydrogens (tertiary/aromatic N) is 4. The second-order valence-corrected chi connectivity index (χ2v) is 11.0. The predicted molar refractivity (Wildman–Crippen MR) is 143 cm³/mol. The summed E-state index contributed by atoms with van der Waals surface area (Å²) in [4.78, 5) is 17.0. The molecule has 4 saturated carbocycles. The van der Waals surface area contributed by atoms with E-state index in [9.17, 15) is 10.1 Å². The maximum Gasteiger partial charge on any atom is 0.252 e. The van der Waals surface area contributed by atoms with E-state index in [4.69, 9.17) is 16.0 Å². The lowest BCUT2D eigenvalue weighted by atomic mass is 9.53. The Labute approximate surface area is 215 Å². The van der Waals surface area contributed by atoms with E-state index in [-0.39, 0.29) is 17.6 Å². The van der Waals surface area contributed by atoms with Crippen LogP contribution >= 0.6 is 0 Å². The third-order valence-electron chi connectivity index (χ3n) is 8.31. The Kier molecular flexibility index (Phi) is 5.61. The van der Waals surface area contributed by atoms with Crippen LogP contribution in [0.1, 0.15) is 44.1 Å². The first-order valence-electron chi connectivity index (χ1n) is 12.9. The van der Waals surface area contributed by atoms with Gasteiger partial charge in [-0.3, -0.25) is 4.79 Å². The monoisotopic (exact) mass is 491 g/mol. The molecule has 4 aliphatic carbocycles. The molecule has 0 unspecified atom stereocenters. The van der Waals surface area contributed by atoms with Crippen LogP contribution in [-0.4, -0.2) is 15.1 Å². The SMILES string of the molecule is N#CCn1ccc(-c2ccc(Nc3cc(N)c(C#N)c(NC45CC6CC(CC(C6)C4)C5)n3)cc2)cc1=O. The topological polar surface area (TPSA) is 133 Å². The number of nitrogens with two attached hydrogens (primary N) is 1. The molecule has 8 nitrogen and oxygen atoms in total. The van der Waals surface area contributed by atoms with E-state index >= 15 is 0 Å². The minimum absolute atomic E-state index is 0.0154. The summed E-state index contributed by atoms with van der Waals surface area (Å²) in [6.07, 6.45) is 9.10. The van der Waals surface area contributed by atoms with Crippen molar-refractivity contribution in [2.24, 2.45) is 17.8 Å². The molecule has 37 heavy (non-hydrogen) atoms. The summed E-state index contributed by atoms with van der Waals surface area (Å²) < 4.78 is 1.37. The van der Waals surface area contributed by atoms with Crippen LogP contribution in [0.15, 0.2) is 53.5 Å². The molecular formula is C29H29N7O. The van der Waals surface area contributed by atoms with Crippen molar-refractivity contribution in [3.8, 4) is 23.3 Å². The highest BCUT2D eigenvalue weighted by atomic mass is 16.1. The number of nitrogens with one attached hydrogen (secondary N) is 2. The minimum atomic E-state index is -0.211. The first kappa shape index (κ1) is 23.1. The Bertz CT molecular complexity index is 1460. The minimum Gasteiger partial charge on any atom is -0.397 e. The van der Waals surface area contributed by atoms with Crippen molar-refractivity contribution in [2.75, 3.05) is 16.4 Å². The zero-order valence-electron chi connectivity index (χ0n) is 20.6. The lowest BCUT2D eigenvalue weighted by molar-refractivity contribution is 0.0105. The van der Waals surface area contributed by atoms with E-state index in [1.165, 1.54) is 29.9 Å². The van der Waals surface area contributed by atoms with Gasteiger partial charge in [0, 0.05) is 29.6 Å². The Balaban J connectivity index is 1.23. The molecule has 4 N–H and O–H groups in total. The summed E-state index contributed by atoms with van der Waals surface area (Å²) in [7, 11) is 0. The molecule has 0 aliphatic heterocycles. The van der Waals surface area contributed by atoms with Gasteiger partial charge in [-0.25, -0.2) is 4.98 Å². The van der Waals surface area contributed by atoms with Crippen molar-refractivity contribution >= 4 is 23.0 Å². The van der Waals surface area contributed by atoms with Gasteiger partial charge in [0.2, 0.25) is 0 Å². The quantitative estimate of drug-likeness (QED) is 0.441. The van der Waals surface area contributed by atoms with Crippen LogP contribution in [0, 0.1) is 40.4 Å². The van der Waals surface area contributed by atoms with Gasteiger partial charge < -0.3 is 20.9 Å². The predicted octanol–water partition coefficient (Wildman–Crippen LogP) is 5.01. The number of anilines is 4. The zero-order valence-corrected chi connectivity index (χ0v) is 20.6. The number of pyridine rings is 2. The molecule has 0 saturated heterocycles. The number of nitrogen functional groups attached to an aromatic ring is 1. The number of nitriles is 2. The average Bonchev–Trinajstić information content (AvgIpc) is 2.85. The van der Waals surface area contributed by atoms with Gasteiger partial charge in [-0.1, -0.05) is 12.1 Å². The molecular weight excluding hydrogens is 462 g/mol. The van der Waals surface area contributed by atoms with Crippen LogP contribution in [-0.2, 0) is 6.54 Å². The van der Waals surface area contributed by atoms with Gasteiger partial charge in [-0.15, -0.1) is 0 Å². The number of aromatic nitrogens is 2. The summed E-state index contributed by atoms with van der Waals surface area (Å²) in [5, 5.41) is 25.7. The molecule has 186 valence electrons. The van der Waals surface area contributed by atoms with Gasteiger partial charge in [0.15, 0.2) is 0 Å². The molecule has 1 aromatic carbocycles. The van der Waals surface area contributed by atoms with Crippen LogP contribution in [0.3, 0.4) is 0 Å². The van der Waals surface area contributed by atoms with Crippen LogP contribution in [0.5, 0.6) is 0 Å². The number of hydrogen-bond donors (Lipinski definition) is 3. The molecule has 4 bridgehead atoms. The molecule has 2 heterocycles. The second-order valence-electron chi connectivity index (χ2n) is 11.0. The van der Waals surface area contributed by atoms with Crippen molar-refractivity contribution in [2.45, 2.75) is 50.6 Å². The number of benzene rings is 1. The second kappa shape index (κ2) is 8.97. The van der Waals surface area contributed by atoms with Gasteiger partial charge >= 0.3 is 0 Å². The summed E-state index contributed by atoms with van der Waals surface area (Å²) in [6, 6.07) is 17.0. The Morgan fingerprint density at radius 3 is 2.27 bits per heavy atom. The van der Waals surface area contributed by atoms with Gasteiger partial charge in [0.1, 0.15) is 29.8 Å². The highest BCUT2D eigenvalue weighted by molar-refractivity contribution is 5.74. The lowest BCUT2D eigenvalue weighted by Crippen LogP contribution is -2.55. The lowest BCUT2D eigenvalue weighted by Gasteiger charge is -2.57. The fourth-order valence-electron chi connectivity index (χ4n) is 7.14. The average molecular weight is 492 g/mol. The van der Waals surface area contributed by atoms with E-state index in [0.29, 0.717) is 22.9 Å². The number of hydrogen-bond acceptors (Lipinski definition) is 7. The van der Waals surface area contributed by atoms with Crippen molar-refractivity contribution < 1.29 is 0 Å². The van der Waals surface area contributed by atoms with Crippen molar-refractivity contribution in [1.29, 1.82) is 10.5 Å². The van der Waals surface area contributed by atoms with Gasteiger partial charge in [-0.05, 0) is 85.6 Å². The zero-order chi connectivity index (χ0) is 25.6. The summed E-state index contributed by atoms with van der Waals surface area (Å²) in [6.45, 7) is 0.0302. The molecule has 3 aromatic rings. The van der Waals surface area contributed by atoms with E-state index in [2.05, 4.69) is 16.7 Å². The fourth-order valence-corrected chi connectivity index (χ4v) is 7.14. The number of rotatable bonds is 6. The van der Waals surface area contributed by atoms with Crippen LogP contribution in [0.25, 0.3) is 11.1 Å². The molecule has 4 aliphatic rings. The largest absolute Gasteiger partial charge is 0.397 e. The first-order valence-corrected chi connectivity index (χ1v) is 12.9. The van der Waals surface area contributed by atoms with E-state index < -0.39 is 0 Å². The highest BCUT2D eigenvalue weighted by Crippen LogP contribution is 2.56. The smallest absolute Gasteiger partial charge is 0.252 e. The van der Waals surface area contributed by atoms with E-state index in [1.807, 2.05) is 36.4 Å². The molecule has 8 heteroatoms. The molecule has 0 atom stereocenters. The van der Waals surface area contributed by atoms with Gasteiger partial charge in [0.25, 0.3) is 5.56 Å². The van der Waals surface area contributed by atoms with Gasteiger partial charge in [0.05, 0.1) is 11.8 Å². The summed E-state index contributed by atoms with van der Waals surface area (Å²) in [5.41, 5.74) is 9.42. The van der Waals surface area contributed by atoms with Crippen molar-refractivity contribution in [3.05, 3.63) is 64.6 Å². The van der Waals surface area contributed by atoms with E-state index in [1.54, 1.807) is 12.3 Å². The van der Waals surface area contributed by atoms with Crippen LogP contribution in [0.4, 0.5) is 23.0 Å². The van der Waals surface area contributed by atoms with Crippen LogP contribution in [0.2, 0.25) is 0 Å². The Morgan fingerprint density at radius 1 is 1.00 bits per heavy atom. The molecule has 0 radical (unpaired) electrons. The van der Waals surface area contributed by atoms with Gasteiger partial charge in [-0.2, -0.15) is 10.5 Å². The summed E-state index contributed by atoms with van der Waals surface area (Å²) in [5.74, 6) is 3.48. The van der Waals surface area contributed by atoms with Crippen LogP contribution < -0.4 is 21.9 Å². The first-order chi connectivity index (χ1) is 17.9. The third-order valence-corrected chi connectivity index (χ3v) is 8.31. The normalized spacial score (nSPS) is 25.3. The van der Waals surface area contributed by atoms with E-state index in [0.717, 1.165) is 53.8 Å². The Morgan fingerprint density at radius 2 is 1.68 bits per heavy atom. The molecule has 0 amide bonds. The van der Waals surface area contributed by atoms with Crippen molar-refractivity contribution in [3.63, 3.8) is 0 Å². The maximum atomic E-state index is 12.2. The third kappa shape index (κ3) is 4.40. The highest BCUT2D eigenvalue weighted by Gasteiger charge is 2.51. The standard InChI is InChI=1S/C29H29N7O/c30-6-8-36-7-5-22(12-27(36)37)21-1-3-23(4-2-21)33-26-13-25(32)24(17-31)28(34-26)35-29-14-18-9-19(15-29)11-20(10-18)16-29/h1-5,7,12-13,18-20H,8-11,14-16H2,(H4,32,33,34,35). The van der Waals surface area contributed by atoms with Crippen molar-refractivity contribution in [1.82, 2.24) is 9.55 Å².